The van der Waals surface area contributed by atoms with Crippen molar-refractivity contribution in [2.24, 2.45) is 0 Å². The average Bonchev–Trinajstić information content (AvgIpc) is 3.79. The maximum absolute atomic E-state index is 10.6. The second-order valence-electron chi connectivity index (χ2n) is 12.3. The van der Waals surface area contributed by atoms with Crippen LogP contribution in [0.1, 0.15) is 0 Å². The van der Waals surface area contributed by atoms with Gasteiger partial charge < -0.3 is 19.2 Å². The fraction of sp³-hybridized carbons (Fsp3) is 0. The molecule has 3 aromatic heterocycles. The molecular weight excluding hydrogens is 607 g/mol. The topological polar surface area (TPSA) is 50.3 Å². The molecular formula is C42H27BN2O2S. The first kappa shape index (κ1) is 27.5. The van der Waals surface area contributed by atoms with Crippen molar-refractivity contribution in [3.05, 3.63) is 152 Å². The molecule has 6 heteroatoms. The SMILES string of the molecule is OB(O)c1cc(-n2c3ccccc3c3c(-c4cccc5c6ccccc6n(-c6ccccc6)c45)cccc32)cc2c1sc1ccccc12. The van der Waals surface area contributed by atoms with Gasteiger partial charge in [-0.05, 0) is 54.1 Å². The molecule has 0 saturated heterocycles. The minimum Gasteiger partial charge on any atom is -0.423 e. The van der Waals surface area contributed by atoms with Gasteiger partial charge >= 0.3 is 7.12 Å². The molecule has 48 heavy (non-hydrogen) atoms. The molecule has 0 aliphatic carbocycles. The van der Waals surface area contributed by atoms with Crippen molar-refractivity contribution in [3.63, 3.8) is 0 Å². The maximum atomic E-state index is 10.6. The number of hydrogen-bond acceptors (Lipinski definition) is 3. The van der Waals surface area contributed by atoms with Crippen LogP contribution >= 0.6 is 11.3 Å². The van der Waals surface area contributed by atoms with Gasteiger partial charge in [-0.2, -0.15) is 0 Å². The second kappa shape index (κ2) is 10.4. The minimum absolute atomic E-state index is 0.517. The highest BCUT2D eigenvalue weighted by Crippen LogP contribution is 2.44. The van der Waals surface area contributed by atoms with Gasteiger partial charge in [-0.15, -0.1) is 11.3 Å². The molecule has 0 fully saturated rings. The lowest BCUT2D eigenvalue weighted by molar-refractivity contribution is 0.426. The van der Waals surface area contributed by atoms with E-state index in [1.807, 2.05) is 18.2 Å². The predicted octanol–water partition coefficient (Wildman–Crippen LogP) is 9.60. The van der Waals surface area contributed by atoms with Gasteiger partial charge in [-0.25, -0.2) is 0 Å². The summed E-state index contributed by atoms with van der Waals surface area (Å²) in [5.41, 5.74) is 9.31. The average molecular weight is 635 g/mol. The molecule has 0 radical (unpaired) electrons. The first-order valence-corrected chi connectivity index (χ1v) is 16.9. The van der Waals surface area contributed by atoms with Crippen molar-refractivity contribution in [2.75, 3.05) is 0 Å². The Bertz CT molecular complexity index is 2880. The van der Waals surface area contributed by atoms with Crippen LogP contribution in [0.2, 0.25) is 0 Å². The van der Waals surface area contributed by atoms with Gasteiger partial charge in [0.05, 0.1) is 22.1 Å². The molecule has 4 nitrogen and oxygen atoms in total. The Balaban J connectivity index is 1.33. The Hall–Kier alpha value is -5.66. The summed E-state index contributed by atoms with van der Waals surface area (Å²) in [7, 11) is -1.60. The van der Waals surface area contributed by atoms with Crippen LogP contribution in [0.15, 0.2) is 152 Å². The zero-order valence-corrected chi connectivity index (χ0v) is 26.5. The number of fused-ring (bicyclic) bond motifs is 9. The Kier molecular flexibility index (Phi) is 5.96. The van der Waals surface area contributed by atoms with E-state index in [9.17, 15) is 10.0 Å². The number of thiophene rings is 1. The summed E-state index contributed by atoms with van der Waals surface area (Å²) in [6.45, 7) is 0. The summed E-state index contributed by atoms with van der Waals surface area (Å²) in [5, 5.41) is 28.1. The van der Waals surface area contributed by atoms with Gasteiger partial charge in [0, 0.05) is 64.1 Å². The van der Waals surface area contributed by atoms with Gasteiger partial charge in [0.1, 0.15) is 0 Å². The van der Waals surface area contributed by atoms with E-state index in [0.717, 1.165) is 64.5 Å². The van der Waals surface area contributed by atoms with Crippen molar-refractivity contribution in [3.8, 4) is 22.5 Å². The van der Waals surface area contributed by atoms with Crippen molar-refractivity contribution >= 4 is 87.7 Å². The van der Waals surface area contributed by atoms with E-state index >= 15 is 0 Å². The molecule has 0 unspecified atom stereocenters. The molecule has 0 amide bonds. The van der Waals surface area contributed by atoms with Gasteiger partial charge in [0.15, 0.2) is 0 Å². The molecule has 2 N–H and O–H groups in total. The summed E-state index contributed by atoms with van der Waals surface area (Å²) < 4.78 is 6.69. The minimum atomic E-state index is -1.60. The Morgan fingerprint density at radius 1 is 0.458 bits per heavy atom. The standard InChI is InChI=1S/C42H27BN2O2S/c46-43(47)35-25-27(24-34-29-15-6-9-23-39(29)48-42(34)35)44-37-21-8-5-16-33(37)40-30(17-11-22-38(40)44)32-19-10-18-31-28-14-4-7-20-36(28)45(41(31)32)26-12-2-1-3-13-26/h1-25,46-47H. The molecule has 7 aromatic carbocycles. The third kappa shape index (κ3) is 3.85. The quantitative estimate of drug-likeness (QED) is 0.190. The molecule has 3 heterocycles. The molecule has 0 spiro atoms. The van der Waals surface area contributed by atoms with E-state index in [1.54, 1.807) is 11.3 Å². The zero-order chi connectivity index (χ0) is 31.9. The van der Waals surface area contributed by atoms with Crippen LogP contribution < -0.4 is 5.46 Å². The molecule has 226 valence electrons. The van der Waals surface area contributed by atoms with E-state index in [4.69, 9.17) is 0 Å². The summed E-state index contributed by atoms with van der Waals surface area (Å²) in [5.74, 6) is 0. The lowest BCUT2D eigenvalue weighted by Gasteiger charge is -2.14. The normalized spacial score (nSPS) is 12.0. The van der Waals surface area contributed by atoms with E-state index in [0.29, 0.717) is 5.46 Å². The van der Waals surface area contributed by atoms with Gasteiger partial charge in [0.25, 0.3) is 0 Å². The molecule has 0 aliphatic heterocycles. The summed E-state index contributed by atoms with van der Waals surface area (Å²) >= 11 is 1.60. The van der Waals surface area contributed by atoms with Crippen LogP contribution in [0, 0.1) is 0 Å². The van der Waals surface area contributed by atoms with Crippen molar-refractivity contribution in [1.82, 2.24) is 9.13 Å². The molecule has 10 rings (SSSR count). The molecule has 10 aromatic rings. The lowest BCUT2D eigenvalue weighted by atomic mass is 9.79. The predicted molar refractivity (Wildman–Crippen MR) is 203 cm³/mol. The van der Waals surface area contributed by atoms with Crippen LogP contribution in [0.5, 0.6) is 0 Å². The molecule has 0 bridgehead atoms. The fourth-order valence-electron chi connectivity index (χ4n) is 7.76. The van der Waals surface area contributed by atoms with Crippen LogP contribution in [0.4, 0.5) is 0 Å². The van der Waals surface area contributed by atoms with Crippen molar-refractivity contribution in [1.29, 1.82) is 0 Å². The van der Waals surface area contributed by atoms with E-state index in [1.165, 1.54) is 21.8 Å². The third-order valence-corrected chi connectivity index (χ3v) is 11.0. The monoisotopic (exact) mass is 634 g/mol. The van der Waals surface area contributed by atoms with Gasteiger partial charge in [-0.1, -0.05) is 103 Å². The van der Waals surface area contributed by atoms with Crippen LogP contribution in [-0.4, -0.2) is 26.3 Å². The summed E-state index contributed by atoms with van der Waals surface area (Å²) in [4.78, 5) is 0. The van der Waals surface area contributed by atoms with Crippen molar-refractivity contribution < 1.29 is 10.0 Å². The smallest absolute Gasteiger partial charge is 0.423 e. The first-order valence-electron chi connectivity index (χ1n) is 16.1. The highest BCUT2D eigenvalue weighted by molar-refractivity contribution is 7.27. The van der Waals surface area contributed by atoms with E-state index < -0.39 is 7.12 Å². The number of nitrogens with zero attached hydrogens (tertiary/aromatic N) is 2. The number of aromatic nitrogens is 2. The molecule has 0 saturated carbocycles. The van der Waals surface area contributed by atoms with Crippen LogP contribution in [-0.2, 0) is 0 Å². The van der Waals surface area contributed by atoms with Crippen LogP contribution in [0.3, 0.4) is 0 Å². The fourth-order valence-corrected chi connectivity index (χ4v) is 8.98. The summed E-state index contributed by atoms with van der Waals surface area (Å²) in [6.07, 6.45) is 0. The largest absolute Gasteiger partial charge is 0.489 e. The zero-order valence-electron chi connectivity index (χ0n) is 25.7. The van der Waals surface area contributed by atoms with Crippen LogP contribution in [0.25, 0.3) is 86.3 Å². The number of rotatable bonds is 4. The van der Waals surface area contributed by atoms with Gasteiger partial charge in [0.2, 0.25) is 0 Å². The van der Waals surface area contributed by atoms with E-state index in [2.05, 4.69) is 143 Å². The molecule has 0 aliphatic rings. The first-order chi connectivity index (χ1) is 23.7. The Labute approximate surface area is 280 Å². The van der Waals surface area contributed by atoms with Gasteiger partial charge in [-0.3, -0.25) is 0 Å². The van der Waals surface area contributed by atoms with E-state index in [-0.39, 0.29) is 0 Å². The number of benzene rings is 7. The Morgan fingerprint density at radius 3 is 1.90 bits per heavy atom. The highest BCUT2D eigenvalue weighted by atomic mass is 32.1. The Morgan fingerprint density at radius 2 is 1.08 bits per heavy atom. The summed E-state index contributed by atoms with van der Waals surface area (Å²) in [6, 6.07) is 53.4. The number of para-hydroxylation sites is 4. The van der Waals surface area contributed by atoms with Crippen molar-refractivity contribution in [2.45, 2.75) is 0 Å². The second-order valence-corrected chi connectivity index (χ2v) is 13.4. The lowest BCUT2D eigenvalue weighted by Crippen LogP contribution is -2.30. The third-order valence-electron chi connectivity index (χ3n) is 9.73. The highest BCUT2D eigenvalue weighted by Gasteiger charge is 2.24. The maximum Gasteiger partial charge on any atom is 0.489 e. The molecule has 0 atom stereocenters. The number of hydrogen-bond donors (Lipinski definition) is 2.